The zero-order chi connectivity index (χ0) is 12.8. The first-order valence-corrected chi connectivity index (χ1v) is 5.52. The molecule has 0 bridgehead atoms. The van der Waals surface area contributed by atoms with Gasteiger partial charge < -0.3 is 20.4 Å². The average Bonchev–Trinajstić information content (AvgIpc) is 2.22. The first-order valence-electron chi connectivity index (χ1n) is 5.52. The van der Waals surface area contributed by atoms with Gasteiger partial charge in [-0.1, -0.05) is 13.8 Å². The molecule has 0 aromatic carbocycles. The number of nitrogens with one attached hydrogen (secondary N) is 1. The minimum Gasteiger partial charge on any atom is -0.396 e. The molecule has 0 aromatic heterocycles. The van der Waals surface area contributed by atoms with Gasteiger partial charge in [-0.25, -0.2) is 0 Å². The minimum absolute atomic E-state index is 0.223. The Morgan fingerprint density at radius 3 is 2.44 bits per heavy atom. The summed E-state index contributed by atoms with van der Waals surface area (Å²) in [4.78, 5) is 13.5. The predicted octanol–water partition coefficient (Wildman–Crippen LogP) is -0.566. The van der Waals surface area contributed by atoms with Gasteiger partial charge in [-0.05, 0) is 27.1 Å². The zero-order valence-corrected chi connectivity index (χ0v) is 10.7. The largest absolute Gasteiger partial charge is 0.396 e. The van der Waals surface area contributed by atoms with Crippen LogP contribution in [0.3, 0.4) is 0 Å². The number of carbonyl (C=O) groups excluding carboxylic acids is 1. The van der Waals surface area contributed by atoms with Crippen LogP contribution in [0.5, 0.6) is 0 Å². The van der Waals surface area contributed by atoms with Crippen LogP contribution in [0.2, 0.25) is 0 Å². The van der Waals surface area contributed by atoms with Crippen LogP contribution in [0.1, 0.15) is 20.3 Å². The summed E-state index contributed by atoms with van der Waals surface area (Å²) >= 11 is 0. The molecule has 0 heterocycles. The van der Waals surface area contributed by atoms with Crippen molar-refractivity contribution in [1.29, 1.82) is 0 Å². The molecule has 0 aliphatic carbocycles. The predicted molar refractivity (Wildman–Crippen MR) is 63.1 cm³/mol. The SMILES string of the molecule is CN(C)CCCNC(=O)C(O)C(C)(C)CO. The van der Waals surface area contributed by atoms with E-state index in [-0.39, 0.29) is 6.61 Å². The van der Waals surface area contributed by atoms with Crippen molar-refractivity contribution in [2.24, 2.45) is 5.41 Å². The third-order valence-electron chi connectivity index (χ3n) is 2.48. The summed E-state index contributed by atoms with van der Waals surface area (Å²) < 4.78 is 0. The highest BCUT2D eigenvalue weighted by molar-refractivity contribution is 5.81. The molecule has 0 aliphatic rings. The monoisotopic (exact) mass is 232 g/mol. The topological polar surface area (TPSA) is 72.8 Å². The fourth-order valence-corrected chi connectivity index (χ4v) is 1.14. The molecule has 5 nitrogen and oxygen atoms in total. The van der Waals surface area contributed by atoms with E-state index in [1.54, 1.807) is 13.8 Å². The molecule has 0 radical (unpaired) electrons. The Morgan fingerprint density at radius 1 is 1.44 bits per heavy atom. The lowest BCUT2D eigenvalue weighted by molar-refractivity contribution is -0.137. The fourth-order valence-electron chi connectivity index (χ4n) is 1.14. The molecule has 0 rings (SSSR count). The Kier molecular flexibility index (Phi) is 6.55. The molecule has 1 unspecified atom stereocenters. The third kappa shape index (κ3) is 5.44. The Balaban J connectivity index is 3.89. The first kappa shape index (κ1) is 15.3. The summed E-state index contributed by atoms with van der Waals surface area (Å²) in [5.41, 5.74) is -0.800. The Morgan fingerprint density at radius 2 is 2.00 bits per heavy atom. The Bertz CT molecular complexity index is 217. The number of hydrogen-bond donors (Lipinski definition) is 3. The van der Waals surface area contributed by atoms with Crippen molar-refractivity contribution in [2.45, 2.75) is 26.4 Å². The van der Waals surface area contributed by atoms with Gasteiger partial charge in [0.05, 0.1) is 6.61 Å². The number of rotatable bonds is 7. The summed E-state index contributed by atoms with van der Waals surface area (Å²) in [7, 11) is 3.93. The lowest BCUT2D eigenvalue weighted by Gasteiger charge is -2.27. The van der Waals surface area contributed by atoms with Crippen molar-refractivity contribution in [3.05, 3.63) is 0 Å². The number of aliphatic hydroxyl groups excluding tert-OH is 2. The van der Waals surface area contributed by atoms with Crippen LogP contribution in [-0.2, 0) is 4.79 Å². The molecule has 1 amide bonds. The highest BCUT2D eigenvalue weighted by Crippen LogP contribution is 2.19. The minimum atomic E-state index is -1.17. The van der Waals surface area contributed by atoms with Gasteiger partial charge in [0.2, 0.25) is 5.91 Å². The van der Waals surface area contributed by atoms with Gasteiger partial charge in [-0.3, -0.25) is 4.79 Å². The fraction of sp³-hybridized carbons (Fsp3) is 0.909. The molecule has 0 aromatic rings. The molecule has 3 N–H and O–H groups in total. The van der Waals surface area contributed by atoms with Crippen molar-refractivity contribution >= 4 is 5.91 Å². The van der Waals surface area contributed by atoms with Crippen LogP contribution >= 0.6 is 0 Å². The first-order chi connectivity index (χ1) is 7.31. The molecule has 16 heavy (non-hydrogen) atoms. The van der Waals surface area contributed by atoms with Crippen LogP contribution in [-0.4, -0.2) is 60.9 Å². The summed E-state index contributed by atoms with van der Waals surface area (Å²) in [5.74, 6) is -0.419. The van der Waals surface area contributed by atoms with Crippen molar-refractivity contribution < 1.29 is 15.0 Å². The van der Waals surface area contributed by atoms with Crippen LogP contribution in [0.15, 0.2) is 0 Å². The van der Waals surface area contributed by atoms with Gasteiger partial charge in [-0.15, -0.1) is 0 Å². The molecule has 1 atom stereocenters. The molecule has 0 saturated heterocycles. The van der Waals surface area contributed by atoms with Crippen molar-refractivity contribution in [3.63, 3.8) is 0 Å². The maximum atomic E-state index is 11.5. The smallest absolute Gasteiger partial charge is 0.249 e. The molecule has 0 saturated carbocycles. The molecule has 96 valence electrons. The highest BCUT2D eigenvalue weighted by Gasteiger charge is 2.32. The second-order valence-electron chi connectivity index (χ2n) is 5.00. The molecule has 0 spiro atoms. The van der Waals surface area contributed by atoms with Crippen molar-refractivity contribution in [2.75, 3.05) is 33.8 Å². The van der Waals surface area contributed by atoms with E-state index < -0.39 is 17.4 Å². The molecule has 5 heteroatoms. The van der Waals surface area contributed by atoms with Gasteiger partial charge in [0.25, 0.3) is 0 Å². The van der Waals surface area contributed by atoms with E-state index in [1.807, 2.05) is 19.0 Å². The van der Waals surface area contributed by atoms with Crippen LogP contribution < -0.4 is 5.32 Å². The van der Waals surface area contributed by atoms with Gasteiger partial charge in [-0.2, -0.15) is 0 Å². The number of nitrogens with zero attached hydrogens (tertiary/aromatic N) is 1. The van der Waals surface area contributed by atoms with E-state index in [1.165, 1.54) is 0 Å². The molecular weight excluding hydrogens is 208 g/mol. The average molecular weight is 232 g/mol. The van der Waals surface area contributed by atoms with Gasteiger partial charge in [0.15, 0.2) is 0 Å². The van der Waals surface area contributed by atoms with E-state index in [2.05, 4.69) is 5.32 Å². The molecule has 0 fully saturated rings. The Hall–Kier alpha value is -0.650. The van der Waals surface area contributed by atoms with E-state index >= 15 is 0 Å². The van der Waals surface area contributed by atoms with Gasteiger partial charge in [0, 0.05) is 12.0 Å². The number of hydrogen-bond acceptors (Lipinski definition) is 4. The van der Waals surface area contributed by atoms with E-state index in [0.29, 0.717) is 6.54 Å². The summed E-state index contributed by atoms with van der Waals surface area (Å²) in [6, 6.07) is 0. The molecular formula is C11H24N2O3. The van der Waals surface area contributed by atoms with Crippen molar-refractivity contribution in [1.82, 2.24) is 10.2 Å². The maximum absolute atomic E-state index is 11.5. The zero-order valence-electron chi connectivity index (χ0n) is 10.7. The summed E-state index contributed by atoms with van der Waals surface area (Å²) in [6.45, 7) is 4.50. The second-order valence-corrected chi connectivity index (χ2v) is 5.00. The second kappa shape index (κ2) is 6.83. The normalized spacial score (nSPS) is 13.9. The van der Waals surface area contributed by atoms with Gasteiger partial charge in [0.1, 0.15) is 6.10 Å². The van der Waals surface area contributed by atoms with Crippen LogP contribution in [0.4, 0.5) is 0 Å². The van der Waals surface area contributed by atoms with E-state index in [9.17, 15) is 9.90 Å². The maximum Gasteiger partial charge on any atom is 0.249 e. The van der Waals surface area contributed by atoms with Gasteiger partial charge >= 0.3 is 0 Å². The molecule has 0 aliphatic heterocycles. The lowest BCUT2D eigenvalue weighted by atomic mass is 9.87. The highest BCUT2D eigenvalue weighted by atomic mass is 16.3. The third-order valence-corrected chi connectivity index (χ3v) is 2.48. The number of aliphatic hydroxyl groups is 2. The number of carbonyl (C=O) groups is 1. The van der Waals surface area contributed by atoms with Crippen molar-refractivity contribution in [3.8, 4) is 0 Å². The standard InChI is InChI=1S/C11H24N2O3/c1-11(2,8-14)9(15)10(16)12-6-5-7-13(3)4/h9,14-15H,5-8H2,1-4H3,(H,12,16). The van der Waals surface area contributed by atoms with E-state index in [4.69, 9.17) is 5.11 Å². The van der Waals surface area contributed by atoms with Crippen LogP contribution in [0, 0.1) is 5.41 Å². The lowest BCUT2D eigenvalue weighted by Crippen LogP contribution is -2.46. The number of amides is 1. The Labute approximate surface area is 97.4 Å². The van der Waals surface area contributed by atoms with E-state index in [0.717, 1.165) is 13.0 Å². The quantitative estimate of drug-likeness (QED) is 0.514. The summed E-state index contributed by atoms with van der Waals surface area (Å²) in [6.07, 6.45) is -0.331. The van der Waals surface area contributed by atoms with Crippen LogP contribution in [0.25, 0.3) is 0 Å². The summed E-state index contributed by atoms with van der Waals surface area (Å²) in [5, 5.41) is 21.3.